The Hall–Kier alpha value is -1.95. The van der Waals surface area contributed by atoms with E-state index in [-0.39, 0.29) is 4.99 Å². The van der Waals surface area contributed by atoms with Crippen LogP contribution in [-0.2, 0) is 6.54 Å². The van der Waals surface area contributed by atoms with Crippen molar-refractivity contribution >= 4 is 23.2 Å². The summed E-state index contributed by atoms with van der Waals surface area (Å²) in [6.45, 7) is 4.49. The molecule has 0 aromatic carbocycles. The summed E-state index contributed by atoms with van der Waals surface area (Å²) in [6.07, 6.45) is 1.68. The molecule has 100 valence electrons. The van der Waals surface area contributed by atoms with Crippen molar-refractivity contribution in [3.8, 4) is 0 Å². The maximum Gasteiger partial charge on any atom is 0.226 e. The quantitative estimate of drug-likeness (QED) is 0.861. The lowest BCUT2D eigenvalue weighted by molar-refractivity contribution is 0.529. The molecule has 0 atom stereocenters. The molecule has 2 N–H and O–H groups in total. The maximum atomic E-state index is 5.62. The van der Waals surface area contributed by atoms with E-state index in [1.807, 2.05) is 31.9 Å². The van der Waals surface area contributed by atoms with Crippen molar-refractivity contribution in [1.82, 2.24) is 9.97 Å². The van der Waals surface area contributed by atoms with Gasteiger partial charge in [0.2, 0.25) is 5.95 Å². The second-order valence-corrected chi connectivity index (χ2v) is 4.86. The van der Waals surface area contributed by atoms with E-state index in [0.717, 1.165) is 17.0 Å². The van der Waals surface area contributed by atoms with Gasteiger partial charge in [-0.15, -0.1) is 0 Å². The number of nitrogens with two attached hydrogens (primary N) is 1. The van der Waals surface area contributed by atoms with Gasteiger partial charge in [-0.3, -0.25) is 0 Å². The Bertz CT molecular complexity index is 608. The Morgan fingerprint density at radius 1 is 1.42 bits per heavy atom. The van der Waals surface area contributed by atoms with Gasteiger partial charge in [-0.05, 0) is 26.0 Å². The molecule has 2 heterocycles. The van der Waals surface area contributed by atoms with Crippen LogP contribution < -0.4 is 10.6 Å². The highest BCUT2D eigenvalue weighted by atomic mass is 32.1. The molecule has 5 nitrogen and oxygen atoms in total. The summed E-state index contributed by atoms with van der Waals surface area (Å²) in [5.74, 6) is 1.50. The van der Waals surface area contributed by atoms with Gasteiger partial charge >= 0.3 is 0 Å². The van der Waals surface area contributed by atoms with E-state index >= 15 is 0 Å². The van der Waals surface area contributed by atoms with Crippen LogP contribution in [0.3, 0.4) is 0 Å². The van der Waals surface area contributed by atoms with Gasteiger partial charge in [-0.2, -0.15) is 0 Å². The van der Waals surface area contributed by atoms with E-state index in [2.05, 4.69) is 9.97 Å². The molecule has 0 aliphatic rings. The van der Waals surface area contributed by atoms with E-state index in [9.17, 15) is 0 Å². The lowest BCUT2D eigenvalue weighted by atomic mass is 10.2. The molecule has 0 aliphatic carbocycles. The summed E-state index contributed by atoms with van der Waals surface area (Å²) in [5.41, 5.74) is 8.15. The molecule has 0 saturated heterocycles. The van der Waals surface area contributed by atoms with Crippen LogP contribution in [0.15, 0.2) is 22.8 Å². The van der Waals surface area contributed by atoms with Crippen LogP contribution in [0.1, 0.15) is 22.7 Å². The molecule has 2 aromatic heterocycles. The third-order valence-electron chi connectivity index (χ3n) is 2.81. The van der Waals surface area contributed by atoms with Gasteiger partial charge in [0.1, 0.15) is 16.4 Å². The number of aromatic nitrogens is 2. The molecule has 0 radical (unpaired) electrons. The number of anilines is 1. The number of hydrogen-bond donors (Lipinski definition) is 1. The fraction of sp³-hybridized carbons (Fsp3) is 0.308. The summed E-state index contributed by atoms with van der Waals surface area (Å²) in [5, 5.41) is 0. The summed E-state index contributed by atoms with van der Waals surface area (Å²) in [4.78, 5) is 11.0. The summed E-state index contributed by atoms with van der Waals surface area (Å²) >= 11 is 4.96. The number of aryl methyl sites for hydroxylation is 2. The first-order valence-corrected chi connectivity index (χ1v) is 6.28. The van der Waals surface area contributed by atoms with Crippen molar-refractivity contribution in [3.63, 3.8) is 0 Å². The van der Waals surface area contributed by atoms with Crippen LogP contribution in [0.25, 0.3) is 0 Å². The predicted molar refractivity (Wildman–Crippen MR) is 78.2 cm³/mol. The topological polar surface area (TPSA) is 68.2 Å². The summed E-state index contributed by atoms with van der Waals surface area (Å²) in [7, 11) is 1.92. The van der Waals surface area contributed by atoms with Crippen LogP contribution in [0.2, 0.25) is 0 Å². The zero-order valence-electron chi connectivity index (χ0n) is 11.2. The molecule has 0 bridgehead atoms. The molecule has 6 heteroatoms. The van der Waals surface area contributed by atoms with Crippen molar-refractivity contribution in [2.45, 2.75) is 20.4 Å². The van der Waals surface area contributed by atoms with Crippen molar-refractivity contribution < 1.29 is 4.42 Å². The van der Waals surface area contributed by atoms with Crippen molar-refractivity contribution in [3.05, 3.63) is 41.1 Å². The van der Waals surface area contributed by atoms with Crippen LogP contribution in [0.5, 0.6) is 0 Å². The third kappa shape index (κ3) is 3.08. The van der Waals surface area contributed by atoms with Crippen LogP contribution >= 0.6 is 12.2 Å². The Morgan fingerprint density at radius 2 is 2.16 bits per heavy atom. The van der Waals surface area contributed by atoms with Crippen molar-refractivity contribution in [2.24, 2.45) is 5.73 Å². The number of furan rings is 1. The SMILES string of the molecule is Cc1cc(C(N)=S)nc(N(C)Cc2ccoc2C)n1. The Kier molecular flexibility index (Phi) is 3.80. The fourth-order valence-corrected chi connectivity index (χ4v) is 1.86. The van der Waals surface area contributed by atoms with Gasteiger partial charge in [-0.1, -0.05) is 12.2 Å². The van der Waals surface area contributed by atoms with E-state index in [1.54, 1.807) is 12.3 Å². The molecule has 19 heavy (non-hydrogen) atoms. The first kappa shape index (κ1) is 13.5. The van der Waals surface area contributed by atoms with Gasteiger partial charge < -0.3 is 15.1 Å². The van der Waals surface area contributed by atoms with Gasteiger partial charge in [0, 0.05) is 24.8 Å². The molecular weight excluding hydrogens is 260 g/mol. The number of hydrogen-bond acceptors (Lipinski definition) is 5. The minimum Gasteiger partial charge on any atom is -0.469 e. The van der Waals surface area contributed by atoms with Gasteiger partial charge in [0.05, 0.1) is 6.26 Å². The largest absolute Gasteiger partial charge is 0.469 e. The minimum atomic E-state index is 0.277. The van der Waals surface area contributed by atoms with Gasteiger partial charge in [0.15, 0.2) is 0 Å². The van der Waals surface area contributed by atoms with Gasteiger partial charge in [-0.25, -0.2) is 9.97 Å². The number of nitrogens with zero attached hydrogens (tertiary/aromatic N) is 3. The number of rotatable bonds is 4. The van der Waals surface area contributed by atoms with E-state index in [1.165, 1.54) is 0 Å². The molecule has 0 spiro atoms. The highest BCUT2D eigenvalue weighted by Crippen LogP contribution is 2.15. The summed E-state index contributed by atoms with van der Waals surface area (Å²) in [6, 6.07) is 3.72. The predicted octanol–water partition coefficient (Wildman–Crippen LogP) is 1.96. The average molecular weight is 276 g/mol. The molecule has 0 aliphatic heterocycles. The zero-order chi connectivity index (χ0) is 14.0. The lowest BCUT2D eigenvalue weighted by Crippen LogP contribution is -2.22. The van der Waals surface area contributed by atoms with Gasteiger partial charge in [0.25, 0.3) is 0 Å². The molecule has 2 aromatic rings. The normalized spacial score (nSPS) is 10.5. The average Bonchev–Trinajstić information content (AvgIpc) is 2.74. The summed E-state index contributed by atoms with van der Waals surface area (Å²) < 4.78 is 5.28. The second-order valence-electron chi connectivity index (χ2n) is 4.42. The molecular formula is C13H16N4OS. The van der Waals surface area contributed by atoms with E-state index < -0.39 is 0 Å². The minimum absolute atomic E-state index is 0.277. The Balaban J connectivity index is 2.26. The standard InChI is InChI=1S/C13H16N4OS/c1-8-6-11(12(14)19)16-13(15-8)17(3)7-10-4-5-18-9(10)2/h4-6H,7H2,1-3H3,(H2,14,19). The fourth-order valence-electron chi connectivity index (χ4n) is 1.75. The third-order valence-corrected chi connectivity index (χ3v) is 3.02. The second kappa shape index (κ2) is 5.36. The maximum absolute atomic E-state index is 5.62. The van der Waals surface area contributed by atoms with Crippen LogP contribution in [0.4, 0.5) is 5.95 Å². The van der Waals surface area contributed by atoms with Crippen molar-refractivity contribution in [2.75, 3.05) is 11.9 Å². The Morgan fingerprint density at radius 3 is 2.74 bits per heavy atom. The first-order valence-electron chi connectivity index (χ1n) is 5.87. The number of thiocarbonyl (C=S) groups is 1. The molecule has 0 fully saturated rings. The first-order chi connectivity index (χ1) is 8.97. The molecule has 0 amide bonds. The highest BCUT2D eigenvalue weighted by molar-refractivity contribution is 7.80. The highest BCUT2D eigenvalue weighted by Gasteiger charge is 2.11. The zero-order valence-corrected chi connectivity index (χ0v) is 12.0. The van der Waals surface area contributed by atoms with Crippen LogP contribution in [-0.4, -0.2) is 22.0 Å². The van der Waals surface area contributed by atoms with Crippen molar-refractivity contribution in [1.29, 1.82) is 0 Å². The molecule has 2 rings (SSSR count). The monoisotopic (exact) mass is 276 g/mol. The van der Waals surface area contributed by atoms with Crippen LogP contribution in [0, 0.1) is 13.8 Å². The lowest BCUT2D eigenvalue weighted by Gasteiger charge is -2.17. The molecule has 0 saturated carbocycles. The van der Waals surface area contributed by atoms with E-state index in [0.29, 0.717) is 18.2 Å². The molecule has 0 unspecified atom stereocenters. The van der Waals surface area contributed by atoms with E-state index in [4.69, 9.17) is 22.4 Å². The Labute approximate surface area is 117 Å². The smallest absolute Gasteiger partial charge is 0.226 e.